The van der Waals surface area contributed by atoms with Crippen molar-refractivity contribution in [2.24, 2.45) is 11.7 Å². The molecule has 5 rings (SSSR count). The van der Waals surface area contributed by atoms with E-state index in [4.69, 9.17) is 15.2 Å². The molecular weight excluding hydrogens is 724 g/mol. The second-order valence-corrected chi connectivity index (χ2v) is 13.4. The number of non-ortho nitro benzene ring substituents is 1. The number of hydrogen-bond acceptors (Lipinski definition) is 9. The number of nitrogens with zero attached hydrogens (tertiary/aromatic N) is 2. The largest absolute Gasteiger partial charge is 0.514 e. The number of carbonyl (C=O) groups is 5. The van der Waals surface area contributed by atoms with Crippen molar-refractivity contribution in [2.45, 2.75) is 51.3 Å². The van der Waals surface area contributed by atoms with Gasteiger partial charge in [-0.15, -0.1) is 0 Å². The van der Waals surface area contributed by atoms with E-state index in [1.54, 1.807) is 38.1 Å². The number of benzene rings is 4. The number of ether oxygens (including phenoxy) is 2. The van der Waals surface area contributed by atoms with Gasteiger partial charge < -0.3 is 36.3 Å². The molecule has 0 saturated heterocycles. The molecule has 16 heteroatoms. The zero-order valence-electron chi connectivity index (χ0n) is 30.7. The number of rotatable bonds is 16. The van der Waals surface area contributed by atoms with E-state index >= 15 is 0 Å². The van der Waals surface area contributed by atoms with Crippen LogP contribution in [0.25, 0.3) is 11.1 Å². The van der Waals surface area contributed by atoms with Crippen LogP contribution in [0.1, 0.15) is 49.3 Å². The number of carbonyl (C=O) groups excluding carboxylic acids is 4. The van der Waals surface area contributed by atoms with Gasteiger partial charge in [0.05, 0.1) is 4.92 Å². The molecule has 0 aromatic heterocycles. The number of amides is 5. The van der Waals surface area contributed by atoms with Crippen LogP contribution in [-0.4, -0.2) is 70.2 Å². The Morgan fingerprint density at radius 2 is 1.48 bits per heavy atom. The number of nitrogens with one attached hydrogen (secondary N) is 3. The number of fused-ring (bicyclic) bond motifs is 3. The fourth-order valence-electron chi connectivity index (χ4n) is 6.63. The van der Waals surface area contributed by atoms with Crippen molar-refractivity contribution >= 4 is 41.5 Å². The van der Waals surface area contributed by atoms with Gasteiger partial charge in [-0.05, 0) is 70.8 Å². The van der Waals surface area contributed by atoms with E-state index in [0.29, 0.717) is 11.3 Å². The standard InChI is InChI=1S/C40H42N6O10/c1-24(2)35(45(39(50)51)22-33-31-10-5-3-8-29(31)30-9-4-6-11-32(30)33)37(48)44-34(12-7-21-42-38(41)49)36(47)43-26-15-13-25(14-16-26)23-55-40(52)56-28-19-17-27(18-20-28)46(53)54/h3-6,8-11,13-20,24,33-35H,7,12,21-23H2,1-2H3,(H,43,47)(H,44,48)(H,50,51)(H3,41,42,49)/t34-,35-/m0/s1. The smallest absolute Gasteiger partial charge is 0.465 e. The lowest BCUT2D eigenvalue weighted by molar-refractivity contribution is -0.384. The topological polar surface area (TPSA) is 233 Å². The lowest BCUT2D eigenvalue weighted by Gasteiger charge is -2.34. The van der Waals surface area contributed by atoms with E-state index in [2.05, 4.69) is 16.0 Å². The molecule has 0 aliphatic heterocycles. The molecule has 56 heavy (non-hydrogen) atoms. The number of nitrogens with two attached hydrogens (primary N) is 1. The van der Waals surface area contributed by atoms with Gasteiger partial charge >= 0.3 is 18.3 Å². The van der Waals surface area contributed by atoms with Gasteiger partial charge in [0.25, 0.3) is 5.69 Å². The monoisotopic (exact) mass is 766 g/mol. The van der Waals surface area contributed by atoms with E-state index in [0.717, 1.165) is 27.2 Å². The van der Waals surface area contributed by atoms with Crippen molar-refractivity contribution in [3.05, 3.63) is 124 Å². The van der Waals surface area contributed by atoms with E-state index in [9.17, 15) is 39.2 Å². The van der Waals surface area contributed by atoms with Crippen molar-refractivity contribution in [3.8, 4) is 16.9 Å². The average molecular weight is 767 g/mol. The van der Waals surface area contributed by atoms with Crippen LogP contribution in [0.15, 0.2) is 97.1 Å². The first-order chi connectivity index (χ1) is 26.8. The minimum absolute atomic E-state index is 0.00382. The van der Waals surface area contributed by atoms with Gasteiger partial charge in [0.1, 0.15) is 24.4 Å². The molecule has 0 spiro atoms. The van der Waals surface area contributed by atoms with Gasteiger partial charge in [-0.1, -0.05) is 74.5 Å². The van der Waals surface area contributed by atoms with Gasteiger partial charge in [-0.25, -0.2) is 14.4 Å². The summed E-state index contributed by atoms with van der Waals surface area (Å²) < 4.78 is 10.2. The van der Waals surface area contributed by atoms with Crippen molar-refractivity contribution in [1.29, 1.82) is 0 Å². The summed E-state index contributed by atoms with van der Waals surface area (Å²) in [6.07, 6.45) is -1.96. The van der Waals surface area contributed by atoms with Crippen molar-refractivity contribution < 1.29 is 43.5 Å². The third kappa shape index (κ3) is 10.2. The van der Waals surface area contributed by atoms with Crippen LogP contribution in [0.2, 0.25) is 0 Å². The summed E-state index contributed by atoms with van der Waals surface area (Å²) in [5.41, 5.74) is 9.87. The van der Waals surface area contributed by atoms with E-state index < -0.39 is 53.0 Å². The zero-order valence-corrected chi connectivity index (χ0v) is 30.7. The minimum Gasteiger partial charge on any atom is -0.465 e. The van der Waals surface area contributed by atoms with E-state index in [1.165, 1.54) is 24.3 Å². The number of primary amides is 1. The van der Waals surface area contributed by atoms with E-state index in [-0.39, 0.29) is 49.9 Å². The molecule has 0 unspecified atom stereocenters. The van der Waals surface area contributed by atoms with Crippen molar-refractivity contribution in [1.82, 2.24) is 15.5 Å². The van der Waals surface area contributed by atoms with Crippen LogP contribution in [0.5, 0.6) is 5.75 Å². The molecule has 2 atom stereocenters. The summed E-state index contributed by atoms with van der Waals surface area (Å²) in [6.45, 7) is 3.43. The maximum absolute atomic E-state index is 14.1. The predicted molar refractivity (Wildman–Crippen MR) is 205 cm³/mol. The predicted octanol–water partition coefficient (Wildman–Crippen LogP) is 6.00. The van der Waals surface area contributed by atoms with Crippen molar-refractivity contribution in [2.75, 3.05) is 18.4 Å². The molecule has 4 aromatic carbocycles. The summed E-state index contributed by atoms with van der Waals surface area (Å²) in [4.78, 5) is 75.4. The summed E-state index contributed by atoms with van der Waals surface area (Å²) in [5.74, 6) is -1.97. The Morgan fingerprint density at radius 3 is 2.04 bits per heavy atom. The third-order valence-corrected chi connectivity index (χ3v) is 9.25. The number of urea groups is 1. The minimum atomic E-state index is -1.28. The fraction of sp³-hybridized carbons (Fsp3) is 0.275. The quantitative estimate of drug-likeness (QED) is 0.0293. The zero-order chi connectivity index (χ0) is 40.4. The SMILES string of the molecule is CC(C)[C@@H](C(=O)N[C@@H](CCCNC(N)=O)C(=O)Nc1ccc(COC(=O)Oc2ccc([N+](=O)[O-])cc2)cc1)N(CC1c2ccccc2-c2ccccc21)C(=O)O. The Kier molecular flexibility index (Phi) is 13.2. The lowest BCUT2D eigenvalue weighted by Crippen LogP contribution is -2.56. The van der Waals surface area contributed by atoms with E-state index in [1.807, 2.05) is 48.5 Å². The number of carboxylic acid groups (broad SMARTS) is 1. The van der Waals surface area contributed by atoms with Crippen LogP contribution in [-0.2, 0) is 20.9 Å². The first-order valence-electron chi connectivity index (χ1n) is 17.8. The Labute approximate surface area is 322 Å². The fourth-order valence-corrected chi connectivity index (χ4v) is 6.63. The molecule has 6 N–H and O–H groups in total. The summed E-state index contributed by atoms with van der Waals surface area (Å²) >= 11 is 0. The lowest BCUT2D eigenvalue weighted by atomic mass is 9.93. The van der Waals surface area contributed by atoms with Crippen LogP contribution in [0.4, 0.5) is 25.8 Å². The molecule has 0 heterocycles. The first kappa shape index (κ1) is 40.2. The molecule has 5 amide bonds. The summed E-state index contributed by atoms with van der Waals surface area (Å²) in [5, 5.41) is 29.3. The third-order valence-electron chi connectivity index (χ3n) is 9.25. The van der Waals surface area contributed by atoms with Gasteiger partial charge in [0, 0.05) is 36.8 Å². The molecule has 4 aromatic rings. The number of nitro benzene ring substituents is 1. The summed E-state index contributed by atoms with van der Waals surface area (Å²) in [7, 11) is 0. The van der Waals surface area contributed by atoms with Crippen LogP contribution < -0.4 is 26.4 Å². The molecule has 0 bridgehead atoms. The van der Waals surface area contributed by atoms with Gasteiger partial charge in [-0.2, -0.15) is 0 Å². The number of anilines is 1. The number of nitro groups is 1. The first-order valence-corrected chi connectivity index (χ1v) is 17.8. The molecule has 1 aliphatic carbocycles. The van der Waals surface area contributed by atoms with Crippen molar-refractivity contribution in [3.63, 3.8) is 0 Å². The maximum atomic E-state index is 14.1. The van der Waals surface area contributed by atoms with Gasteiger partial charge in [0.2, 0.25) is 11.8 Å². The molecule has 1 aliphatic rings. The van der Waals surface area contributed by atoms with Crippen LogP contribution in [0, 0.1) is 16.0 Å². The molecule has 0 fully saturated rings. The Bertz CT molecular complexity index is 2030. The Balaban J connectivity index is 1.25. The Morgan fingerprint density at radius 1 is 0.875 bits per heavy atom. The molecule has 292 valence electrons. The normalized spacial score (nSPS) is 12.7. The highest BCUT2D eigenvalue weighted by Crippen LogP contribution is 2.45. The highest BCUT2D eigenvalue weighted by molar-refractivity contribution is 5.98. The number of hydrogen-bond donors (Lipinski definition) is 5. The second-order valence-electron chi connectivity index (χ2n) is 13.4. The average Bonchev–Trinajstić information content (AvgIpc) is 3.48. The highest BCUT2D eigenvalue weighted by Gasteiger charge is 2.38. The highest BCUT2D eigenvalue weighted by atomic mass is 16.7. The molecular formula is C40H42N6O10. The molecule has 0 radical (unpaired) electrons. The Hall–Kier alpha value is -6.97. The molecule has 0 saturated carbocycles. The van der Waals surface area contributed by atoms with Crippen LogP contribution >= 0.6 is 0 Å². The van der Waals surface area contributed by atoms with Gasteiger partial charge in [-0.3, -0.25) is 24.6 Å². The van der Waals surface area contributed by atoms with Gasteiger partial charge in [0.15, 0.2) is 0 Å². The molecule has 16 nitrogen and oxygen atoms in total. The summed E-state index contributed by atoms with van der Waals surface area (Å²) in [6, 6.07) is 23.8. The maximum Gasteiger partial charge on any atom is 0.514 e. The van der Waals surface area contributed by atoms with Crippen LogP contribution in [0.3, 0.4) is 0 Å². The second kappa shape index (κ2) is 18.4.